The maximum Gasteiger partial charge on any atom is 0.423 e. The van der Waals surface area contributed by atoms with Crippen molar-refractivity contribution in [2.45, 2.75) is 13.1 Å². The number of nitrogens with zero attached hydrogens (tertiary/aromatic N) is 1. The fraction of sp³-hybridized carbons (Fsp3) is 0.250. The van der Waals surface area contributed by atoms with Crippen LogP contribution in [0.2, 0.25) is 0 Å². The average Bonchev–Trinajstić information content (AvgIpc) is 2.06. The van der Waals surface area contributed by atoms with Gasteiger partial charge in [0.25, 0.3) is 5.69 Å². The molecule has 0 aromatic heterocycles. The molecule has 0 heterocycles. The molecule has 0 aliphatic rings. The van der Waals surface area contributed by atoms with E-state index in [9.17, 15) is 23.3 Å². The Kier molecular flexibility index (Phi) is 3.03. The molecule has 15 heavy (non-hydrogen) atoms. The maximum absolute atomic E-state index is 12.4. The van der Waals surface area contributed by atoms with Crippen LogP contribution in [0.5, 0.6) is 0 Å². The van der Waals surface area contributed by atoms with Crippen molar-refractivity contribution in [3.63, 3.8) is 0 Å². The van der Waals surface area contributed by atoms with Crippen molar-refractivity contribution in [1.29, 1.82) is 0 Å². The number of nitro groups is 1. The van der Waals surface area contributed by atoms with Gasteiger partial charge in [0, 0.05) is 10.0 Å². The molecule has 0 N–H and O–H groups in total. The van der Waals surface area contributed by atoms with Gasteiger partial charge < -0.3 is 0 Å². The van der Waals surface area contributed by atoms with Crippen molar-refractivity contribution in [1.82, 2.24) is 0 Å². The summed E-state index contributed by atoms with van der Waals surface area (Å²) in [6, 6.07) is 1.83. The van der Waals surface area contributed by atoms with Crippen LogP contribution in [0.3, 0.4) is 0 Å². The predicted octanol–water partition coefficient (Wildman–Crippen LogP) is 3.68. The first-order chi connectivity index (χ1) is 6.75. The van der Waals surface area contributed by atoms with E-state index in [2.05, 4.69) is 15.9 Å². The van der Waals surface area contributed by atoms with E-state index in [4.69, 9.17) is 0 Å². The summed E-state index contributed by atoms with van der Waals surface area (Å²) in [5.74, 6) is 0. The SMILES string of the molecule is Cc1c(Br)ccc(C(F)(F)F)c1[N+](=O)[O-]. The zero-order chi connectivity index (χ0) is 11.8. The van der Waals surface area contributed by atoms with Gasteiger partial charge in [-0.25, -0.2) is 0 Å². The van der Waals surface area contributed by atoms with Crippen molar-refractivity contribution in [2.24, 2.45) is 0 Å². The monoisotopic (exact) mass is 283 g/mol. The Hall–Kier alpha value is -1.11. The highest BCUT2D eigenvalue weighted by Crippen LogP contribution is 2.39. The Morgan fingerprint density at radius 3 is 2.33 bits per heavy atom. The molecule has 82 valence electrons. The minimum absolute atomic E-state index is 0.0326. The molecule has 7 heteroatoms. The lowest BCUT2D eigenvalue weighted by Crippen LogP contribution is -2.10. The van der Waals surface area contributed by atoms with Crippen LogP contribution in [0.1, 0.15) is 11.1 Å². The fourth-order valence-electron chi connectivity index (χ4n) is 1.14. The molecule has 0 saturated carbocycles. The quantitative estimate of drug-likeness (QED) is 0.583. The standard InChI is InChI=1S/C8H5BrF3NO2/c1-4-6(9)3-2-5(8(10,11)12)7(4)13(14)15/h2-3H,1H3. The van der Waals surface area contributed by atoms with Gasteiger partial charge in [-0.15, -0.1) is 0 Å². The van der Waals surface area contributed by atoms with Gasteiger partial charge in [0.05, 0.1) is 4.92 Å². The summed E-state index contributed by atoms with van der Waals surface area (Å²) in [4.78, 5) is 9.50. The van der Waals surface area contributed by atoms with Crippen molar-refractivity contribution in [3.8, 4) is 0 Å². The van der Waals surface area contributed by atoms with Crippen molar-refractivity contribution in [2.75, 3.05) is 0 Å². The minimum atomic E-state index is -4.71. The molecule has 0 amide bonds. The molecule has 1 rings (SSSR count). The molecule has 0 bridgehead atoms. The number of rotatable bonds is 1. The third-order valence-corrected chi connectivity index (χ3v) is 2.71. The summed E-state index contributed by atoms with van der Waals surface area (Å²) >= 11 is 2.94. The Balaban J connectivity index is 3.55. The zero-order valence-electron chi connectivity index (χ0n) is 7.43. The number of alkyl halides is 3. The molecule has 0 atom stereocenters. The van der Waals surface area contributed by atoms with E-state index < -0.39 is 22.4 Å². The Bertz CT molecular complexity index is 417. The van der Waals surface area contributed by atoms with Crippen LogP contribution >= 0.6 is 15.9 Å². The van der Waals surface area contributed by atoms with Gasteiger partial charge in [0.2, 0.25) is 0 Å². The molecule has 0 radical (unpaired) electrons. The van der Waals surface area contributed by atoms with Crippen LogP contribution in [-0.4, -0.2) is 4.92 Å². The van der Waals surface area contributed by atoms with E-state index in [-0.39, 0.29) is 10.0 Å². The molecule has 3 nitrogen and oxygen atoms in total. The smallest absolute Gasteiger partial charge is 0.258 e. The number of halogens is 4. The van der Waals surface area contributed by atoms with Crippen LogP contribution in [0.15, 0.2) is 16.6 Å². The second-order valence-electron chi connectivity index (χ2n) is 2.82. The largest absolute Gasteiger partial charge is 0.423 e. The van der Waals surface area contributed by atoms with Gasteiger partial charge in [-0.1, -0.05) is 15.9 Å². The predicted molar refractivity (Wildman–Crippen MR) is 50.5 cm³/mol. The zero-order valence-corrected chi connectivity index (χ0v) is 9.02. The lowest BCUT2D eigenvalue weighted by molar-refractivity contribution is -0.388. The van der Waals surface area contributed by atoms with E-state index in [0.717, 1.165) is 6.07 Å². The molecule has 0 aliphatic heterocycles. The highest BCUT2D eigenvalue weighted by Gasteiger charge is 2.39. The molecule has 0 unspecified atom stereocenters. The number of hydrogen-bond donors (Lipinski definition) is 0. The molecule has 1 aromatic carbocycles. The summed E-state index contributed by atoms with van der Waals surface area (Å²) in [6.07, 6.45) is -4.71. The van der Waals surface area contributed by atoms with Crippen LogP contribution in [-0.2, 0) is 6.18 Å². The summed E-state index contributed by atoms with van der Waals surface area (Å²) < 4.78 is 37.5. The topological polar surface area (TPSA) is 43.1 Å². The summed E-state index contributed by atoms with van der Waals surface area (Å²) in [7, 11) is 0. The summed E-state index contributed by atoms with van der Waals surface area (Å²) in [6.45, 7) is 1.26. The van der Waals surface area contributed by atoms with E-state index in [1.807, 2.05) is 0 Å². The molecular formula is C8H5BrF3NO2. The summed E-state index contributed by atoms with van der Waals surface area (Å²) in [5, 5.41) is 10.5. The van der Waals surface area contributed by atoms with Crippen LogP contribution in [0, 0.1) is 17.0 Å². The van der Waals surface area contributed by atoms with Gasteiger partial charge in [0.1, 0.15) is 5.56 Å². The molecular weight excluding hydrogens is 279 g/mol. The second-order valence-corrected chi connectivity index (χ2v) is 3.68. The van der Waals surface area contributed by atoms with E-state index in [1.165, 1.54) is 6.92 Å². The summed E-state index contributed by atoms with van der Waals surface area (Å²) in [5.41, 5.74) is -2.17. The Morgan fingerprint density at radius 1 is 1.40 bits per heavy atom. The molecule has 0 spiro atoms. The first-order valence-corrected chi connectivity index (χ1v) is 4.55. The van der Waals surface area contributed by atoms with Crippen LogP contribution < -0.4 is 0 Å². The van der Waals surface area contributed by atoms with E-state index in [0.29, 0.717) is 6.07 Å². The van der Waals surface area contributed by atoms with E-state index in [1.54, 1.807) is 0 Å². The van der Waals surface area contributed by atoms with Crippen molar-refractivity contribution < 1.29 is 18.1 Å². The third-order valence-electron chi connectivity index (χ3n) is 1.85. The Morgan fingerprint density at radius 2 is 1.93 bits per heavy atom. The average molecular weight is 284 g/mol. The van der Waals surface area contributed by atoms with Crippen molar-refractivity contribution >= 4 is 21.6 Å². The lowest BCUT2D eigenvalue weighted by atomic mass is 10.1. The second kappa shape index (κ2) is 3.80. The molecule has 0 aliphatic carbocycles. The Labute approximate surface area is 91.2 Å². The van der Waals surface area contributed by atoms with E-state index >= 15 is 0 Å². The minimum Gasteiger partial charge on any atom is -0.258 e. The first kappa shape index (κ1) is 12.0. The highest BCUT2D eigenvalue weighted by molar-refractivity contribution is 9.10. The van der Waals surface area contributed by atoms with Gasteiger partial charge in [0.15, 0.2) is 0 Å². The third kappa shape index (κ3) is 2.28. The molecule has 0 saturated heterocycles. The molecule has 0 fully saturated rings. The van der Waals surface area contributed by atoms with Crippen molar-refractivity contribution in [3.05, 3.63) is 37.8 Å². The highest BCUT2D eigenvalue weighted by atomic mass is 79.9. The lowest BCUT2D eigenvalue weighted by Gasteiger charge is -2.09. The van der Waals surface area contributed by atoms with Gasteiger partial charge >= 0.3 is 6.18 Å². The van der Waals surface area contributed by atoms with Gasteiger partial charge in [-0.3, -0.25) is 10.1 Å². The van der Waals surface area contributed by atoms with Gasteiger partial charge in [-0.2, -0.15) is 13.2 Å². The van der Waals surface area contributed by atoms with Crippen LogP contribution in [0.4, 0.5) is 18.9 Å². The number of benzene rings is 1. The molecule has 1 aromatic rings. The number of nitro benzene ring substituents is 1. The number of hydrogen-bond acceptors (Lipinski definition) is 2. The fourth-order valence-corrected chi connectivity index (χ4v) is 1.46. The van der Waals surface area contributed by atoms with Crippen LogP contribution in [0.25, 0.3) is 0 Å². The maximum atomic E-state index is 12.4. The van der Waals surface area contributed by atoms with Gasteiger partial charge in [-0.05, 0) is 19.1 Å². The first-order valence-electron chi connectivity index (χ1n) is 3.76. The normalized spacial score (nSPS) is 11.5.